The zero-order valence-electron chi connectivity index (χ0n) is 17.7. The minimum atomic E-state index is -2.91. The van der Waals surface area contributed by atoms with Gasteiger partial charge in [-0.2, -0.15) is 4.98 Å². The van der Waals surface area contributed by atoms with E-state index in [0.29, 0.717) is 54.2 Å². The predicted octanol–water partition coefficient (Wildman–Crippen LogP) is 2.45. The van der Waals surface area contributed by atoms with Crippen LogP contribution in [0.25, 0.3) is 22.4 Å². The molecule has 3 aliphatic heterocycles. The van der Waals surface area contributed by atoms with Gasteiger partial charge in [0, 0.05) is 30.9 Å². The van der Waals surface area contributed by atoms with Gasteiger partial charge in [-0.3, -0.25) is 0 Å². The molecule has 3 aliphatic rings. The maximum Gasteiger partial charge on any atom is 0.296 e. The fourth-order valence-electron chi connectivity index (χ4n) is 4.63. The number of imidazole rings is 1. The number of ether oxygens (including phenoxy) is 3. The number of fused-ring (bicyclic) bond motifs is 2. The highest BCUT2D eigenvalue weighted by atomic mass is 35.5. The Kier molecular flexibility index (Phi) is 5.21. The summed E-state index contributed by atoms with van der Waals surface area (Å²) in [6.45, 7) is 2.16. The van der Waals surface area contributed by atoms with Gasteiger partial charge in [-0.25, -0.2) is 13.4 Å². The minimum Gasteiger partial charge on any atom is -0.456 e. The summed E-state index contributed by atoms with van der Waals surface area (Å²) in [5, 5.41) is 0.498. The lowest BCUT2D eigenvalue weighted by Gasteiger charge is -2.28. The molecule has 3 atom stereocenters. The number of pyridine rings is 1. The van der Waals surface area contributed by atoms with Gasteiger partial charge in [0.05, 0.1) is 40.4 Å². The molecule has 0 spiro atoms. The van der Waals surface area contributed by atoms with Crippen molar-refractivity contribution in [2.45, 2.75) is 24.7 Å². The number of sulfone groups is 1. The third kappa shape index (κ3) is 4.05. The molecular weight excluding hydrogens is 468 g/mol. The highest BCUT2D eigenvalue weighted by Crippen LogP contribution is 2.32. The van der Waals surface area contributed by atoms with Gasteiger partial charge >= 0.3 is 0 Å². The molecule has 2 aromatic heterocycles. The normalized spacial score (nSPS) is 26.6. The number of anilines is 1. The van der Waals surface area contributed by atoms with Crippen LogP contribution >= 0.6 is 11.6 Å². The summed E-state index contributed by atoms with van der Waals surface area (Å²) in [7, 11) is -2.91. The lowest BCUT2D eigenvalue weighted by atomic mass is 10.1. The summed E-state index contributed by atoms with van der Waals surface area (Å²) in [5.74, 6) is 0.367. The summed E-state index contributed by atoms with van der Waals surface area (Å²) in [6, 6.07) is 9.97. The van der Waals surface area contributed by atoms with Crippen molar-refractivity contribution in [1.82, 2.24) is 15.0 Å². The molecule has 6 rings (SSSR count). The van der Waals surface area contributed by atoms with Crippen molar-refractivity contribution in [2.75, 3.05) is 42.7 Å². The van der Waals surface area contributed by atoms with Crippen LogP contribution in [0, 0.1) is 0 Å². The summed E-state index contributed by atoms with van der Waals surface area (Å²) in [5.41, 5.74) is 3.66. The van der Waals surface area contributed by atoms with Crippen LogP contribution in [-0.2, 0) is 19.3 Å². The van der Waals surface area contributed by atoms with Crippen LogP contribution in [0.2, 0.25) is 5.02 Å². The summed E-state index contributed by atoms with van der Waals surface area (Å²) in [6.07, 6.45) is 0.714. The SMILES string of the molecule is O=S1(=O)CCN(c2ccc(-c3nc4nc(O[C@@H]5CO[C@@H]6CCO[C@@H]65)[nH]c4cc3Cl)cc2)CC1. The average Bonchev–Trinajstić information content (AvgIpc) is 3.50. The molecule has 11 heteroatoms. The number of nitrogens with zero attached hydrogens (tertiary/aromatic N) is 3. The van der Waals surface area contributed by atoms with Crippen LogP contribution in [0.1, 0.15) is 6.42 Å². The standard InChI is InChI=1S/C22H23ClN4O5S/c23-15-11-16-21(26-22(24-16)32-18-12-31-17-5-8-30-20(17)18)25-19(15)13-1-3-14(4-2-13)27-6-9-33(28,29)10-7-27/h1-4,11,17-18,20H,5-10,12H2,(H,24,25,26)/t17-,18-,20+/m1/s1. The highest BCUT2D eigenvalue weighted by molar-refractivity contribution is 7.91. The fourth-order valence-corrected chi connectivity index (χ4v) is 6.09. The van der Waals surface area contributed by atoms with Gasteiger partial charge < -0.3 is 24.1 Å². The number of aromatic amines is 1. The largest absolute Gasteiger partial charge is 0.456 e. The third-order valence-corrected chi connectivity index (χ3v) is 8.34. The number of benzene rings is 1. The molecule has 0 bridgehead atoms. The Balaban J connectivity index is 1.22. The number of halogens is 1. The molecule has 1 N–H and O–H groups in total. The van der Waals surface area contributed by atoms with E-state index in [1.54, 1.807) is 6.07 Å². The Hall–Kier alpha value is -2.40. The quantitative estimate of drug-likeness (QED) is 0.594. The molecule has 0 amide bonds. The van der Waals surface area contributed by atoms with Crippen molar-refractivity contribution in [3.63, 3.8) is 0 Å². The van der Waals surface area contributed by atoms with Crippen molar-refractivity contribution in [1.29, 1.82) is 0 Å². The molecular formula is C22H23ClN4O5S. The van der Waals surface area contributed by atoms with Crippen LogP contribution in [-0.4, -0.2) is 79.5 Å². The molecule has 0 radical (unpaired) electrons. The smallest absolute Gasteiger partial charge is 0.296 e. The van der Waals surface area contributed by atoms with E-state index in [9.17, 15) is 8.42 Å². The molecule has 0 unspecified atom stereocenters. The Morgan fingerprint density at radius 3 is 2.70 bits per heavy atom. The van der Waals surface area contributed by atoms with Crippen LogP contribution in [0.5, 0.6) is 6.01 Å². The van der Waals surface area contributed by atoms with E-state index >= 15 is 0 Å². The van der Waals surface area contributed by atoms with Crippen LogP contribution in [0.4, 0.5) is 5.69 Å². The van der Waals surface area contributed by atoms with Crippen molar-refractivity contribution in [2.24, 2.45) is 0 Å². The monoisotopic (exact) mass is 490 g/mol. The van der Waals surface area contributed by atoms with Crippen molar-refractivity contribution >= 4 is 38.3 Å². The van der Waals surface area contributed by atoms with Crippen LogP contribution in [0.3, 0.4) is 0 Å². The van der Waals surface area contributed by atoms with Gasteiger partial charge in [-0.1, -0.05) is 23.7 Å². The zero-order chi connectivity index (χ0) is 22.6. The first-order chi connectivity index (χ1) is 15.9. The first kappa shape index (κ1) is 21.2. The van der Waals surface area contributed by atoms with Crippen molar-refractivity contribution < 1.29 is 22.6 Å². The fraction of sp³-hybridized carbons (Fsp3) is 0.455. The van der Waals surface area contributed by atoms with Crippen LogP contribution < -0.4 is 9.64 Å². The lowest BCUT2D eigenvalue weighted by molar-refractivity contribution is 0.0273. The molecule has 0 aliphatic carbocycles. The van der Waals surface area contributed by atoms with Crippen LogP contribution in [0.15, 0.2) is 30.3 Å². The van der Waals surface area contributed by atoms with Crippen molar-refractivity contribution in [3.05, 3.63) is 35.4 Å². The van der Waals surface area contributed by atoms with E-state index < -0.39 is 9.84 Å². The van der Waals surface area contributed by atoms with Gasteiger partial charge in [0.1, 0.15) is 6.10 Å². The third-order valence-electron chi connectivity index (χ3n) is 6.44. The van der Waals surface area contributed by atoms with E-state index in [4.69, 9.17) is 25.8 Å². The Labute approximate surface area is 195 Å². The summed E-state index contributed by atoms with van der Waals surface area (Å²) in [4.78, 5) is 14.4. The first-order valence-corrected chi connectivity index (χ1v) is 13.2. The number of H-pyrrole nitrogens is 1. The van der Waals surface area contributed by atoms with E-state index in [-0.39, 0.29) is 29.8 Å². The molecule has 5 heterocycles. The second-order valence-corrected chi connectivity index (χ2v) is 11.3. The highest BCUT2D eigenvalue weighted by Gasteiger charge is 2.43. The van der Waals surface area contributed by atoms with E-state index in [2.05, 4.69) is 19.9 Å². The van der Waals surface area contributed by atoms with Gasteiger partial charge in [0.2, 0.25) is 0 Å². The van der Waals surface area contributed by atoms with E-state index in [0.717, 1.165) is 17.7 Å². The molecule has 0 saturated carbocycles. The molecule has 9 nitrogen and oxygen atoms in total. The Bertz CT molecular complexity index is 1280. The van der Waals surface area contributed by atoms with Gasteiger partial charge in [-0.15, -0.1) is 0 Å². The van der Waals surface area contributed by atoms with E-state index in [1.165, 1.54) is 0 Å². The topological polar surface area (TPSA) is 107 Å². The maximum atomic E-state index is 11.7. The number of aromatic nitrogens is 3. The summed E-state index contributed by atoms with van der Waals surface area (Å²) < 4.78 is 40.8. The Morgan fingerprint density at radius 1 is 1.12 bits per heavy atom. The molecule has 3 saturated heterocycles. The second-order valence-electron chi connectivity index (χ2n) is 8.57. The minimum absolute atomic E-state index is 0.0659. The van der Waals surface area contributed by atoms with Gasteiger partial charge in [0.15, 0.2) is 21.6 Å². The van der Waals surface area contributed by atoms with Gasteiger partial charge in [0.25, 0.3) is 6.01 Å². The number of hydrogen-bond acceptors (Lipinski definition) is 8. The maximum absolute atomic E-state index is 11.7. The molecule has 174 valence electrons. The Morgan fingerprint density at radius 2 is 1.91 bits per heavy atom. The van der Waals surface area contributed by atoms with Crippen molar-refractivity contribution in [3.8, 4) is 17.3 Å². The number of nitrogens with one attached hydrogen (secondary N) is 1. The average molecular weight is 491 g/mol. The molecule has 1 aromatic carbocycles. The lowest BCUT2D eigenvalue weighted by Crippen LogP contribution is -2.40. The molecule has 3 fully saturated rings. The molecule has 3 aromatic rings. The number of rotatable bonds is 4. The molecule has 33 heavy (non-hydrogen) atoms. The number of hydrogen-bond donors (Lipinski definition) is 1. The second kappa shape index (κ2) is 8.12. The van der Waals surface area contributed by atoms with Gasteiger partial charge in [-0.05, 0) is 24.6 Å². The zero-order valence-corrected chi connectivity index (χ0v) is 19.3. The predicted molar refractivity (Wildman–Crippen MR) is 124 cm³/mol. The van der Waals surface area contributed by atoms with E-state index in [1.807, 2.05) is 24.3 Å². The summed E-state index contributed by atoms with van der Waals surface area (Å²) >= 11 is 6.54. The first-order valence-electron chi connectivity index (χ1n) is 11.0.